The maximum atomic E-state index is 6.11. The highest BCUT2D eigenvalue weighted by Crippen LogP contribution is 2.38. The number of methoxy groups -OCH3 is 1. The number of rotatable bonds is 9. The maximum Gasteiger partial charge on any atom is 0.175 e. The number of halogens is 1. The fourth-order valence-corrected chi connectivity index (χ4v) is 4.75. The number of benzene rings is 3. The number of fused-ring (bicyclic) bond motifs is 2. The van der Waals surface area contributed by atoms with Gasteiger partial charge in [0.15, 0.2) is 23.0 Å². The molecule has 0 atom stereocenters. The minimum atomic E-state index is 0.397. The van der Waals surface area contributed by atoms with E-state index < -0.39 is 0 Å². The van der Waals surface area contributed by atoms with Crippen LogP contribution in [0.3, 0.4) is 0 Å². The van der Waals surface area contributed by atoms with Gasteiger partial charge in [-0.2, -0.15) is 0 Å². The zero-order valence-electron chi connectivity index (χ0n) is 19.0. The van der Waals surface area contributed by atoms with Gasteiger partial charge in [-0.05, 0) is 75.9 Å². The molecule has 2 heterocycles. The lowest BCUT2D eigenvalue weighted by atomic mass is 10.1. The summed E-state index contributed by atoms with van der Waals surface area (Å²) < 4.78 is 23.9. The molecule has 7 heteroatoms. The van der Waals surface area contributed by atoms with Gasteiger partial charge in [0.25, 0.3) is 0 Å². The minimum absolute atomic E-state index is 0.397. The van der Waals surface area contributed by atoms with Crippen LogP contribution in [-0.2, 0) is 19.6 Å². The molecule has 6 nitrogen and oxygen atoms in total. The van der Waals surface area contributed by atoms with Crippen molar-refractivity contribution in [2.24, 2.45) is 0 Å². The molecule has 176 valence electrons. The quantitative estimate of drug-likeness (QED) is 0.279. The minimum Gasteiger partial charge on any atom is -0.493 e. The van der Waals surface area contributed by atoms with Crippen LogP contribution in [0.2, 0.25) is 0 Å². The third-order valence-electron chi connectivity index (χ3n) is 5.85. The summed E-state index contributed by atoms with van der Waals surface area (Å²) >= 11 is 3.66. The molecule has 0 amide bonds. The first-order chi connectivity index (χ1) is 16.7. The Kier molecular flexibility index (Phi) is 6.92. The molecule has 0 saturated heterocycles. The van der Waals surface area contributed by atoms with Gasteiger partial charge in [0.05, 0.1) is 11.6 Å². The van der Waals surface area contributed by atoms with Gasteiger partial charge in [0.2, 0.25) is 0 Å². The first-order valence-electron chi connectivity index (χ1n) is 11.3. The van der Waals surface area contributed by atoms with Crippen LogP contribution in [0.4, 0.5) is 0 Å². The first kappa shape index (κ1) is 22.6. The molecular weight excluding hydrogens is 496 g/mol. The average molecular weight is 523 g/mol. The van der Waals surface area contributed by atoms with Crippen molar-refractivity contribution >= 4 is 26.8 Å². The number of hydrogen-bond donors (Lipinski definition) is 2. The molecule has 3 aromatic carbocycles. The van der Waals surface area contributed by atoms with Crippen LogP contribution in [0.25, 0.3) is 10.9 Å². The van der Waals surface area contributed by atoms with Crippen molar-refractivity contribution in [2.75, 3.05) is 26.9 Å². The monoisotopic (exact) mass is 522 g/mol. The van der Waals surface area contributed by atoms with Crippen LogP contribution in [-0.4, -0.2) is 31.9 Å². The molecule has 1 aliphatic rings. The van der Waals surface area contributed by atoms with Gasteiger partial charge in [-0.3, -0.25) is 0 Å². The van der Waals surface area contributed by atoms with Gasteiger partial charge in [0.1, 0.15) is 19.8 Å². The number of nitrogens with one attached hydrogen (secondary N) is 2. The second kappa shape index (κ2) is 10.4. The fourth-order valence-electron chi connectivity index (χ4n) is 4.14. The van der Waals surface area contributed by atoms with E-state index in [4.69, 9.17) is 18.9 Å². The molecule has 5 rings (SSSR count). The molecule has 2 N–H and O–H groups in total. The maximum absolute atomic E-state index is 6.11. The third-order valence-corrected chi connectivity index (χ3v) is 6.44. The lowest BCUT2D eigenvalue weighted by Gasteiger charge is -2.19. The number of para-hydroxylation sites is 1. The highest BCUT2D eigenvalue weighted by Gasteiger charge is 2.15. The molecule has 0 radical (unpaired) electrons. The summed E-state index contributed by atoms with van der Waals surface area (Å²) in [5.74, 6) is 2.91. The largest absolute Gasteiger partial charge is 0.493 e. The zero-order chi connectivity index (χ0) is 23.3. The molecule has 0 unspecified atom stereocenters. The van der Waals surface area contributed by atoms with E-state index in [-0.39, 0.29) is 0 Å². The normalized spacial score (nSPS) is 12.6. The van der Waals surface area contributed by atoms with Crippen LogP contribution in [0.15, 0.2) is 65.3 Å². The Morgan fingerprint density at radius 3 is 2.74 bits per heavy atom. The van der Waals surface area contributed by atoms with Gasteiger partial charge >= 0.3 is 0 Å². The van der Waals surface area contributed by atoms with E-state index in [1.54, 1.807) is 7.11 Å². The molecule has 1 aliphatic heterocycles. The van der Waals surface area contributed by atoms with Gasteiger partial charge in [-0.1, -0.05) is 24.3 Å². The Bertz CT molecular complexity index is 1290. The highest BCUT2D eigenvalue weighted by molar-refractivity contribution is 9.10. The highest BCUT2D eigenvalue weighted by atomic mass is 79.9. The van der Waals surface area contributed by atoms with Crippen molar-refractivity contribution in [1.82, 2.24) is 10.3 Å². The molecular formula is C27H27BrN2O4. The smallest absolute Gasteiger partial charge is 0.175 e. The van der Waals surface area contributed by atoms with E-state index in [1.807, 2.05) is 24.3 Å². The molecule has 4 aromatic rings. The summed E-state index contributed by atoms with van der Waals surface area (Å²) in [7, 11) is 1.66. The lowest BCUT2D eigenvalue weighted by Crippen LogP contribution is -2.16. The number of hydrogen-bond acceptors (Lipinski definition) is 5. The SMILES string of the molecule is COc1cc(CNCCc2c[nH]c3ccccc23)cc(Br)c1OCc1ccc2c(c1)OCCO2. The Labute approximate surface area is 207 Å². The van der Waals surface area contributed by atoms with Gasteiger partial charge in [-0.15, -0.1) is 0 Å². The lowest BCUT2D eigenvalue weighted by molar-refractivity contribution is 0.171. The van der Waals surface area contributed by atoms with Crippen LogP contribution in [0.5, 0.6) is 23.0 Å². The third kappa shape index (κ3) is 5.00. The molecule has 0 aliphatic carbocycles. The summed E-state index contributed by atoms with van der Waals surface area (Å²) in [6.45, 7) is 3.16. The number of H-pyrrole nitrogens is 1. The van der Waals surface area contributed by atoms with E-state index in [1.165, 1.54) is 16.5 Å². The zero-order valence-corrected chi connectivity index (χ0v) is 20.6. The predicted octanol–water partition coefficient (Wildman–Crippen LogP) is 5.62. The number of ether oxygens (including phenoxy) is 4. The molecule has 0 saturated carbocycles. The summed E-state index contributed by atoms with van der Waals surface area (Å²) in [6, 6.07) is 18.3. The summed E-state index contributed by atoms with van der Waals surface area (Å²) in [5, 5.41) is 4.82. The van der Waals surface area contributed by atoms with Crippen molar-refractivity contribution in [2.45, 2.75) is 19.6 Å². The van der Waals surface area contributed by atoms with Gasteiger partial charge < -0.3 is 29.2 Å². The summed E-state index contributed by atoms with van der Waals surface area (Å²) in [6.07, 6.45) is 3.05. The van der Waals surface area contributed by atoms with Crippen molar-refractivity contribution in [3.8, 4) is 23.0 Å². The van der Waals surface area contributed by atoms with Crippen LogP contribution >= 0.6 is 15.9 Å². The van der Waals surface area contributed by atoms with Crippen LogP contribution < -0.4 is 24.3 Å². The van der Waals surface area contributed by atoms with Crippen molar-refractivity contribution < 1.29 is 18.9 Å². The summed E-state index contributed by atoms with van der Waals surface area (Å²) in [5.41, 5.74) is 4.62. The standard InChI is InChI=1S/C27H27BrN2O4/c1-31-26-14-19(15-29-9-8-20-16-30-23-5-3-2-4-21(20)23)12-22(28)27(26)34-17-18-6-7-24-25(13-18)33-11-10-32-24/h2-7,12-14,16,29-30H,8-11,15,17H2,1H3. The van der Waals surface area contributed by atoms with Gasteiger partial charge in [0, 0.05) is 23.6 Å². The van der Waals surface area contributed by atoms with Gasteiger partial charge in [-0.25, -0.2) is 0 Å². The van der Waals surface area contributed by atoms with Crippen molar-refractivity contribution in [3.63, 3.8) is 0 Å². The van der Waals surface area contributed by atoms with E-state index in [0.29, 0.717) is 31.3 Å². The van der Waals surface area contributed by atoms with Crippen LogP contribution in [0.1, 0.15) is 16.7 Å². The Hall–Kier alpha value is -3.16. The van der Waals surface area contributed by atoms with E-state index in [2.05, 4.69) is 62.8 Å². The second-order valence-electron chi connectivity index (χ2n) is 8.16. The second-order valence-corrected chi connectivity index (χ2v) is 9.02. The molecule has 0 bridgehead atoms. The van der Waals surface area contributed by atoms with Crippen molar-refractivity contribution in [3.05, 3.63) is 82.0 Å². The Balaban J connectivity index is 1.19. The van der Waals surface area contributed by atoms with Crippen LogP contribution in [0, 0.1) is 0 Å². The molecule has 0 spiro atoms. The molecule has 0 fully saturated rings. The van der Waals surface area contributed by atoms with E-state index in [9.17, 15) is 0 Å². The van der Waals surface area contributed by atoms with Crippen molar-refractivity contribution in [1.29, 1.82) is 0 Å². The topological polar surface area (TPSA) is 64.7 Å². The Morgan fingerprint density at radius 2 is 1.85 bits per heavy atom. The fraction of sp³-hybridized carbons (Fsp3) is 0.259. The molecule has 34 heavy (non-hydrogen) atoms. The number of aromatic nitrogens is 1. The summed E-state index contributed by atoms with van der Waals surface area (Å²) in [4.78, 5) is 3.34. The average Bonchev–Trinajstić information content (AvgIpc) is 3.28. The van der Waals surface area contributed by atoms with E-state index in [0.717, 1.165) is 46.6 Å². The van der Waals surface area contributed by atoms with E-state index >= 15 is 0 Å². The first-order valence-corrected chi connectivity index (χ1v) is 12.1. The molecule has 1 aromatic heterocycles. The number of aromatic amines is 1. The Morgan fingerprint density at radius 1 is 1.00 bits per heavy atom. The predicted molar refractivity (Wildman–Crippen MR) is 136 cm³/mol.